The fraction of sp³-hybridized carbons (Fsp3) is 0.312. The quantitative estimate of drug-likeness (QED) is 0.783. The van der Waals surface area contributed by atoms with Crippen molar-refractivity contribution in [3.8, 4) is 24.2 Å². The van der Waals surface area contributed by atoms with E-state index < -0.39 is 11.7 Å². The third-order valence-corrected chi connectivity index (χ3v) is 2.00. The van der Waals surface area contributed by atoms with Crippen LogP contribution in [0.1, 0.15) is 31.9 Å². The number of nitrogens with one attached hydrogen (secondary N) is 1. The Bertz CT molecular complexity index is 533. The molecule has 1 amide bonds. The molecule has 3 heteroatoms. The molecule has 19 heavy (non-hydrogen) atoms. The zero-order chi connectivity index (χ0) is 14.3. The van der Waals surface area contributed by atoms with Gasteiger partial charge in [-0.1, -0.05) is 17.8 Å². The number of hydrogen-bond acceptors (Lipinski definition) is 2. The van der Waals surface area contributed by atoms with E-state index >= 15 is 0 Å². The summed E-state index contributed by atoms with van der Waals surface area (Å²) in [6.07, 6.45) is 4.79. The summed E-state index contributed by atoms with van der Waals surface area (Å²) in [5.74, 6) is 8.30. The first-order valence-electron chi connectivity index (χ1n) is 5.93. The molecule has 0 aliphatic rings. The van der Waals surface area contributed by atoms with Gasteiger partial charge < -0.3 is 10.1 Å². The lowest BCUT2D eigenvalue weighted by Gasteiger charge is -2.18. The van der Waals surface area contributed by atoms with E-state index in [1.165, 1.54) is 0 Å². The van der Waals surface area contributed by atoms with Crippen molar-refractivity contribution in [2.45, 2.75) is 26.4 Å². The van der Waals surface area contributed by atoms with Crippen LogP contribution in [-0.4, -0.2) is 18.2 Å². The van der Waals surface area contributed by atoms with Crippen LogP contribution in [0.25, 0.3) is 0 Å². The van der Waals surface area contributed by atoms with Gasteiger partial charge in [0.15, 0.2) is 0 Å². The minimum atomic E-state index is -0.497. The second kappa shape index (κ2) is 6.52. The smallest absolute Gasteiger partial charge is 0.408 e. The van der Waals surface area contributed by atoms with Crippen LogP contribution in [0.4, 0.5) is 4.79 Å². The highest BCUT2D eigenvalue weighted by Crippen LogP contribution is 2.06. The number of carbonyl (C=O) groups excluding carboxylic acids is 1. The van der Waals surface area contributed by atoms with Crippen molar-refractivity contribution in [1.29, 1.82) is 0 Å². The minimum Gasteiger partial charge on any atom is -0.444 e. The molecule has 1 aromatic rings. The van der Waals surface area contributed by atoms with Crippen molar-refractivity contribution >= 4 is 6.09 Å². The molecule has 0 atom stereocenters. The van der Waals surface area contributed by atoms with E-state index in [1.54, 1.807) is 0 Å². The maximum absolute atomic E-state index is 11.3. The summed E-state index contributed by atoms with van der Waals surface area (Å²) in [4.78, 5) is 11.3. The number of hydrogen-bond donors (Lipinski definition) is 1. The number of ether oxygens (including phenoxy) is 1. The number of benzene rings is 1. The lowest BCUT2D eigenvalue weighted by molar-refractivity contribution is 0.0535. The molecule has 0 unspecified atom stereocenters. The van der Waals surface area contributed by atoms with Crippen molar-refractivity contribution in [2.75, 3.05) is 6.54 Å². The van der Waals surface area contributed by atoms with Crippen LogP contribution in [0.15, 0.2) is 24.3 Å². The summed E-state index contributed by atoms with van der Waals surface area (Å²) in [7, 11) is 0. The third-order valence-electron chi connectivity index (χ3n) is 2.00. The molecule has 98 valence electrons. The van der Waals surface area contributed by atoms with Crippen LogP contribution in [0.3, 0.4) is 0 Å². The minimum absolute atomic E-state index is 0.242. The predicted molar refractivity (Wildman–Crippen MR) is 75.5 cm³/mol. The van der Waals surface area contributed by atoms with Gasteiger partial charge in [-0.15, -0.1) is 6.42 Å². The molecule has 0 aliphatic heterocycles. The normalized spacial score (nSPS) is 9.79. The van der Waals surface area contributed by atoms with Crippen LogP contribution < -0.4 is 5.32 Å². The van der Waals surface area contributed by atoms with Crippen molar-refractivity contribution in [2.24, 2.45) is 0 Å². The fourth-order valence-electron chi connectivity index (χ4n) is 1.23. The van der Waals surface area contributed by atoms with Gasteiger partial charge in [0.1, 0.15) is 5.60 Å². The predicted octanol–water partition coefficient (Wildman–Crippen LogP) is 2.54. The van der Waals surface area contributed by atoms with Crippen LogP contribution in [0.2, 0.25) is 0 Å². The maximum atomic E-state index is 11.3. The molecule has 0 aliphatic carbocycles. The second-order valence-electron chi connectivity index (χ2n) is 4.88. The number of rotatable bonds is 1. The van der Waals surface area contributed by atoms with E-state index in [2.05, 4.69) is 23.1 Å². The largest absolute Gasteiger partial charge is 0.444 e. The van der Waals surface area contributed by atoms with Gasteiger partial charge >= 0.3 is 6.09 Å². The highest BCUT2D eigenvalue weighted by Gasteiger charge is 2.14. The lowest BCUT2D eigenvalue weighted by Crippen LogP contribution is -2.32. The molecule has 0 saturated carbocycles. The fourth-order valence-corrected chi connectivity index (χ4v) is 1.23. The molecule has 0 spiro atoms. The van der Waals surface area contributed by atoms with Gasteiger partial charge in [0.2, 0.25) is 0 Å². The first-order chi connectivity index (χ1) is 8.90. The Balaban J connectivity index is 2.43. The molecular formula is C16H17NO2. The molecule has 1 rings (SSSR count). The number of alkyl carbamates (subject to hydrolysis) is 1. The molecule has 0 fully saturated rings. The summed E-state index contributed by atoms with van der Waals surface area (Å²) >= 11 is 0. The monoisotopic (exact) mass is 255 g/mol. The summed E-state index contributed by atoms with van der Waals surface area (Å²) in [6.45, 7) is 5.67. The summed E-state index contributed by atoms with van der Waals surface area (Å²) in [6, 6.07) is 7.34. The highest BCUT2D eigenvalue weighted by molar-refractivity contribution is 5.68. The van der Waals surface area contributed by atoms with E-state index in [4.69, 9.17) is 11.2 Å². The van der Waals surface area contributed by atoms with E-state index in [9.17, 15) is 4.79 Å². The van der Waals surface area contributed by atoms with Gasteiger partial charge in [-0.3, -0.25) is 0 Å². The number of terminal acetylenes is 1. The molecule has 1 N–H and O–H groups in total. The SMILES string of the molecule is C#Cc1ccc(C#CCNC(=O)OC(C)(C)C)cc1. The number of carbonyl (C=O) groups is 1. The summed E-state index contributed by atoms with van der Waals surface area (Å²) in [5.41, 5.74) is 1.17. The van der Waals surface area contributed by atoms with E-state index in [0.29, 0.717) is 0 Å². The van der Waals surface area contributed by atoms with Crippen LogP contribution in [0, 0.1) is 24.2 Å². The Kier molecular flexibility index (Phi) is 5.03. The average Bonchev–Trinajstić information content (AvgIpc) is 2.33. The molecule has 0 aromatic heterocycles. The van der Waals surface area contributed by atoms with Gasteiger partial charge in [-0.05, 0) is 45.0 Å². The average molecular weight is 255 g/mol. The van der Waals surface area contributed by atoms with Gasteiger partial charge in [0, 0.05) is 11.1 Å². The Hall–Kier alpha value is -2.39. The van der Waals surface area contributed by atoms with E-state index in [1.807, 2.05) is 45.0 Å². The van der Waals surface area contributed by atoms with Crippen LogP contribution in [-0.2, 0) is 4.74 Å². The van der Waals surface area contributed by atoms with Crippen LogP contribution in [0.5, 0.6) is 0 Å². The zero-order valence-corrected chi connectivity index (χ0v) is 11.4. The molecule has 3 nitrogen and oxygen atoms in total. The second-order valence-corrected chi connectivity index (χ2v) is 4.88. The summed E-state index contributed by atoms with van der Waals surface area (Å²) < 4.78 is 5.08. The van der Waals surface area contributed by atoms with Gasteiger partial charge in [-0.25, -0.2) is 4.79 Å². The number of amides is 1. The zero-order valence-electron chi connectivity index (χ0n) is 11.4. The van der Waals surface area contributed by atoms with E-state index in [0.717, 1.165) is 11.1 Å². The molecule has 1 aromatic carbocycles. The Labute approximate surface area is 114 Å². The van der Waals surface area contributed by atoms with Crippen molar-refractivity contribution in [3.05, 3.63) is 35.4 Å². The van der Waals surface area contributed by atoms with Crippen molar-refractivity contribution in [3.63, 3.8) is 0 Å². The van der Waals surface area contributed by atoms with Gasteiger partial charge in [0.05, 0.1) is 6.54 Å². The molecule has 0 radical (unpaired) electrons. The van der Waals surface area contributed by atoms with Crippen molar-refractivity contribution < 1.29 is 9.53 Å². The first kappa shape index (κ1) is 14.7. The van der Waals surface area contributed by atoms with Gasteiger partial charge in [-0.2, -0.15) is 0 Å². The van der Waals surface area contributed by atoms with Crippen LogP contribution >= 0.6 is 0 Å². The highest BCUT2D eigenvalue weighted by atomic mass is 16.6. The van der Waals surface area contributed by atoms with E-state index in [-0.39, 0.29) is 6.54 Å². The Morgan fingerprint density at radius 1 is 1.26 bits per heavy atom. The maximum Gasteiger partial charge on any atom is 0.408 e. The Morgan fingerprint density at radius 3 is 2.37 bits per heavy atom. The van der Waals surface area contributed by atoms with Gasteiger partial charge in [0.25, 0.3) is 0 Å². The standard InChI is InChI=1S/C16H17NO2/c1-5-13-8-10-14(11-9-13)7-6-12-17-15(18)19-16(2,3)4/h1,8-11H,12H2,2-4H3,(H,17,18). The lowest BCUT2D eigenvalue weighted by atomic mass is 10.1. The first-order valence-corrected chi connectivity index (χ1v) is 5.93. The topological polar surface area (TPSA) is 38.3 Å². The molecule has 0 heterocycles. The van der Waals surface area contributed by atoms with Crippen molar-refractivity contribution in [1.82, 2.24) is 5.32 Å². The molecule has 0 bridgehead atoms. The summed E-state index contributed by atoms with van der Waals surface area (Å²) in [5, 5.41) is 2.56. The Morgan fingerprint density at radius 2 is 1.84 bits per heavy atom. The molecular weight excluding hydrogens is 238 g/mol. The molecule has 0 saturated heterocycles. The third kappa shape index (κ3) is 6.19.